The molecule has 2 aromatic rings. The predicted octanol–water partition coefficient (Wildman–Crippen LogP) is 2.37. The number of carbonyl (C=O) groups excluding carboxylic acids is 3. The summed E-state index contributed by atoms with van der Waals surface area (Å²) in [6.07, 6.45) is 0. The zero-order valence-corrected chi connectivity index (χ0v) is 14.2. The standard InChI is InChI=1S/C18H19N3O5/c1-2-25-15-9-7-13(8-10-15)20-16(22)11-26-17(23)12-3-5-14(6-4-12)21-18(19)24/h3-10H,2,11H2,1H3,(H,20,22)(H3,19,21,24). The highest BCUT2D eigenvalue weighted by Gasteiger charge is 2.11. The average molecular weight is 357 g/mol. The Kier molecular flexibility index (Phi) is 6.55. The molecule has 8 heteroatoms. The maximum atomic E-state index is 11.9. The van der Waals surface area contributed by atoms with Crippen molar-refractivity contribution in [1.82, 2.24) is 0 Å². The number of primary amides is 1. The van der Waals surface area contributed by atoms with Gasteiger partial charge in [0.2, 0.25) is 0 Å². The quantitative estimate of drug-likeness (QED) is 0.657. The molecule has 136 valence electrons. The molecular weight excluding hydrogens is 338 g/mol. The van der Waals surface area contributed by atoms with Gasteiger partial charge in [0.15, 0.2) is 6.61 Å². The maximum absolute atomic E-state index is 11.9. The number of anilines is 2. The number of carbonyl (C=O) groups is 3. The molecule has 0 bridgehead atoms. The van der Waals surface area contributed by atoms with Gasteiger partial charge in [0, 0.05) is 11.4 Å². The van der Waals surface area contributed by atoms with Crippen molar-refractivity contribution in [2.75, 3.05) is 23.8 Å². The summed E-state index contributed by atoms with van der Waals surface area (Å²) in [7, 11) is 0. The van der Waals surface area contributed by atoms with E-state index in [4.69, 9.17) is 15.2 Å². The second-order valence-corrected chi connectivity index (χ2v) is 5.15. The van der Waals surface area contributed by atoms with Crippen LogP contribution in [0.1, 0.15) is 17.3 Å². The number of nitrogens with one attached hydrogen (secondary N) is 2. The van der Waals surface area contributed by atoms with E-state index in [9.17, 15) is 14.4 Å². The van der Waals surface area contributed by atoms with Crippen LogP contribution < -0.4 is 21.1 Å². The van der Waals surface area contributed by atoms with Crippen molar-refractivity contribution in [3.8, 4) is 5.75 Å². The van der Waals surface area contributed by atoms with Crippen LogP contribution in [0, 0.1) is 0 Å². The molecule has 0 unspecified atom stereocenters. The Morgan fingerprint density at radius 3 is 2.08 bits per heavy atom. The number of hydrogen-bond acceptors (Lipinski definition) is 5. The molecule has 4 N–H and O–H groups in total. The molecule has 0 aliphatic rings. The van der Waals surface area contributed by atoms with Crippen LogP contribution in [0.2, 0.25) is 0 Å². The minimum Gasteiger partial charge on any atom is -0.494 e. The lowest BCUT2D eigenvalue weighted by Gasteiger charge is -2.08. The van der Waals surface area contributed by atoms with Gasteiger partial charge in [0.1, 0.15) is 5.75 Å². The van der Waals surface area contributed by atoms with Crippen molar-refractivity contribution >= 4 is 29.3 Å². The van der Waals surface area contributed by atoms with E-state index in [0.29, 0.717) is 23.7 Å². The lowest BCUT2D eigenvalue weighted by molar-refractivity contribution is -0.119. The van der Waals surface area contributed by atoms with Crippen LogP contribution in [-0.2, 0) is 9.53 Å². The summed E-state index contributed by atoms with van der Waals surface area (Å²) in [5.74, 6) is -0.418. The van der Waals surface area contributed by atoms with E-state index < -0.39 is 24.5 Å². The monoisotopic (exact) mass is 357 g/mol. The largest absolute Gasteiger partial charge is 0.494 e. The fourth-order valence-electron chi connectivity index (χ4n) is 2.04. The van der Waals surface area contributed by atoms with Gasteiger partial charge in [0.25, 0.3) is 5.91 Å². The fourth-order valence-corrected chi connectivity index (χ4v) is 2.04. The van der Waals surface area contributed by atoms with Crippen molar-refractivity contribution < 1.29 is 23.9 Å². The van der Waals surface area contributed by atoms with Gasteiger partial charge in [0.05, 0.1) is 12.2 Å². The highest BCUT2D eigenvalue weighted by molar-refractivity contribution is 5.96. The van der Waals surface area contributed by atoms with Crippen LogP contribution in [0.5, 0.6) is 5.75 Å². The van der Waals surface area contributed by atoms with Gasteiger partial charge in [-0.15, -0.1) is 0 Å². The molecule has 2 aromatic carbocycles. The molecule has 0 heterocycles. The smallest absolute Gasteiger partial charge is 0.338 e. The van der Waals surface area contributed by atoms with Crippen LogP contribution in [0.15, 0.2) is 48.5 Å². The van der Waals surface area contributed by atoms with E-state index in [2.05, 4.69) is 10.6 Å². The normalized spacial score (nSPS) is 9.88. The molecule has 26 heavy (non-hydrogen) atoms. The van der Waals surface area contributed by atoms with Gasteiger partial charge in [-0.1, -0.05) is 0 Å². The van der Waals surface area contributed by atoms with Crippen molar-refractivity contribution in [2.45, 2.75) is 6.92 Å². The number of hydrogen-bond donors (Lipinski definition) is 3. The SMILES string of the molecule is CCOc1ccc(NC(=O)COC(=O)c2ccc(NC(N)=O)cc2)cc1. The molecule has 0 spiro atoms. The number of rotatable bonds is 7. The van der Waals surface area contributed by atoms with Gasteiger partial charge in [-0.2, -0.15) is 0 Å². The first-order valence-electron chi connectivity index (χ1n) is 7.84. The van der Waals surface area contributed by atoms with Crippen LogP contribution in [-0.4, -0.2) is 31.1 Å². The van der Waals surface area contributed by atoms with E-state index in [1.807, 2.05) is 6.92 Å². The number of amides is 3. The van der Waals surface area contributed by atoms with E-state index >= 15 is 0 Å². The molecule has 0 aromatic heterocycles. The van der Waals surface area contributed by atoms with E-state index in [-0.39, 0.29) is 5.56 Å². The van der Waals surface area contributed by atoms with Gasteiger partial charge in [-0.25, -0.2) is 9.59 Å². The number of urea groups is 1. The summed E-state index contributed by atoms with van der Waals surface area (Å²) < 4.78 is 10.3. The van der Waals surface area contributed by atoms with Crippen molar-refractivity contribution in [2.24, 2.45) is 5.73 Å². The number of ether oxygens (including phenoxy) is 2. The third-order valence-corrected chi connectivity index (χ3v) is 3.17. The molecule has 3 amide bonds. The first-order valence-corrected chi connectivity index (χ1v) is 7.84. The summed E-state index contributed by atoms with van der Waals surface area (Å²) in [5.41, 5.74) is 6.25. The lowest BCUT2D eigenvalue weighted by Crippen LogP contribution is -2.21. The third kappa shape index (κ3) is 5.82. The molecule has 0 saturated heterocycles. The lowest BCUT2D eigenvalue weighted by atomic mass is 10.2. The van der Waals surface area contributed by atoms with E-state index in [1.54, 1.807) is 24.3 Å². The summed E-state index contributed by atoms with van der Waals surface area (Å²) in [4.78, 5) is 34.5. The molecular formula is C18H19N3O5. The number of nitrogens with two attached hydrogens (primary N) is 1. The Balaban J connectivity index is 1.82. The predicted molar refractivity (Wildman–Crippen MR) is 96.2 cm³/mol. The van der Waals surface area contributed by atoms with E-state index in [1.165, 1.54) is 24.3 Å². The molecule has 0 fully saturated rings. The molecule has 2 rings (SSSR count). The Morgan fingerprint density at radius 2 is 1.50 bits per heavy atom. The van der Waals surface area contributed by atoms with E-state index in [0.717, 1.165) is 0 Å². The second-order valence-electron chi connectivity index (χ2n) is 5.15. The Labute approximate surface area is 150 Å². The third-order valence-electron chi connectivity index (χ3n) is 3.17. The topological polar surface area (TPSA) is 120 Å². The second kappa shape index (κ2) is 9.07. The van der Waals surface area contributed by atoms with Gasteiger partial charge in [-0.3, -0.25) is 4.79 Å². The zero-order chi connectivity index (χ0) is 18.9. The van der Waals surface area contributed by atoms with Crippen LogP contribution in [0.4, 0.5) is 16.2 Å². The highest BCUT2D eigenvalue weighted by atomic mass is 16.5. The molecule has 0 aliphatic heterocycles. The average Bonchev–Trinajstić information content (AvgIpc) is 2.62. The zero-order valence-electron chi connectivity index (χ0n) is 14.2. The Hall–Kier alpha value is -3.55. The number of benzene rings is 2. The van der Waals surface area contributed by atoms with Crippen molar-refractivity contribution in [1.29, 1.82) is 0 Å². The Bertz CT molecular complexity index is 772. The summed E-state index contributed by atoms with van der Waals surface area (Å²) >= 11 is 0. The fraction of sp³-hybridized carbons (Fsp3) is 0.167. The first-order chi connectivity index (χ1) is 12.5. The summed E-state index contributed by atoms with van der Waals surface area (Å²) in [6, 6.07) is 12.1. The first kappa shape index (κ1) is 18.8. The van der Waals surface area contributed by atoms with Crippen LogP contribution in [0.3, 0.4) is 0 Å². The molecule has 8 nitrogen and oxygen atoms in total. The Morgan fingerprint density at radius 1 is 0.923 bits per heavy atom. The van der Waals surface area contributed by atoms with Crippen LogP contribution >= 0.6 is 0 Å². The van der Waals surface area contributed by atoms with Crippen LogP contribution in [0.25, 0.3) is 0 Å². The number of esters is 1. The molecule has 0 saturated carbocycles. The summed E-state index contributed by atoms with van der Waals surface area (Å²) in [6.45, 7) is 2.01. The van der Waals surface area contributed by atoms with Gasteiger partial charge >= 0.3 is 12.0 Å². The molecule has 0 aliphatic carbocycles. The van der Waals surface area contributed by atoms with Crippen molar-refractivity contribution in [3.63, 3.8) is 0 Å². The minimum atomic E-state index is -0.703. The molecule has 0 radical (unpaired) electrons. The van der Waals surface area contributed by atoms with Gasteiger partial charge < -0.3 is 25.8 Å². The highest BCUT2D eigenvalue weighted by Crippen LogP contribution is 2.15. The maximum Gasteiger partial charge on any atom is 0.338 e. The van der Waals surface area contributed by atoms with Crippen molar-refractivity contribution in [3.05, 3.63) is 54.1 Å². The van der Waals surface area contributed by atoms with Gasteiger partial charge in [-0.05, 0) is 55.5 Å². The summed E-state index contributed by atoms with van der Waals surface area (Å²) in [5, 5.41) is 4.99. The minimum absolute atomic E-state index is 0.244. The molecule has 0 atom stereocenters.